The van der Waals surface area contributed by atoms with Crippen LogP contribution in [0.15, 0.2) is 24.3 Å². The molecule has 2 rings (SSSR count). The minimum Gasteiger partial charge on any atom is -0.481 e. The van der Waals surface area contributed by atoms with E-state index in [0.29, 0.717) is 16.6 Å². The second-order valence-electron chi connectivity index (χ2n) is 9.27. The third kappa shape index (κ3) is 7.60. The van der Waals surface area contributed by atoms with Crippen molar-refractivity contribution in [3.05, 3.63) is 30.0 Å². The number of ether oxygens (including phenoxy) is 2. The topological polar surface area (TPSA) is 147 Å². The van der Waals surface area contributed by atoms with Gasteiger partial charge in [0.25, 0.3) is 0 Å². The predicted octanol–water partition coefficient (Wildman–Crippen LogP) is 3.43. The summed E-state index contributed by atoms with van der Waals surface area (Å²) >= 11 is 0. The molecule has 1 aromatic carbocycles. The minimum atomic E-state index is -1.35. The smallest absolute Gasteiger partial charge is 0.408 e. The van der Waals surface area contributed by atoms with Crippen molar-refractivity contribution in [3.63, 3.8) is 0 Å². The zero-order chi connectivity index (χ0) is 24.3. The Hall–Kier alpha value is -3.56. The molecule has 0 aliphatic rings. The third-order valence-electron chi connectivity index (χ3n) is 3.89. The van der Waals surface area contributed by atoms with Crippen LogP contribution in [0.1, 0.15) is 58.5 Å². The zero-order valence-corrected chi connectivity index (χ0v) is 19.0. The summed E-state index contributed by atoms with van der Waals surface area (Å²) in [5.41, 5.74) is -0.182. The molecule has 1 heterocycles. The largest absolute Gasteiger partial charge is 0.481 e. The van der Waals surface area contributed by atoms with Crippen LogP contribution >= 0.6 is 0 Å². The molecule has 1 atom stereocenters. The molecule has 0 aliphatic carbocycles. The summed E-state index contributed by atoms with van der Waals surface area (Å²) in [6.07, 6.45) is -1.53. The van der Waals surface area contributed by atoms with E-state index >= 15 is 0 Å². The average molecular weight is 447 g/mol. The number of aromatic nitrogens is 1. The first kappa shape index (κ1) is 24.7. The maximum absolute atomic E-state index is 12.6. The van der Waals surface area contributed by atoms with Gasteiger partial charge in [-0.15, -0.1) is 0 Å². The van der Waals surface area contributed by atoms with Crippen LogP contribution in [0.4, 0.5) is 10.5 Å². The van der Waals surface area contributed by atoms with Gasteiger partial charge in [-0.3, -0.25) is 9.59 Å². The second-order valence-corrected chi connectivity index (χ2v) is 9.27. The van der Waals surface area contributed by atoms with Crippen LogP contribution in [0.25, 0.3) is 10.9 Å². The number of amides is 2. The lowest BCUT2D eigenvalue weighted by molar-refractivity contribution is -0.139. The lowest BCUT2D eigenvalue weighted by Crippen LogP contribution is -2.46. The van der Waals surface area contributed by atoms with Crippen molar-refractivity contribution in [1.29, 1.82) is 0 Å². The van der Waals surface area contributed by atoms with Crippen molar-refractivity contribution < 1.29 is 33.8 Å². The van der Waals surface area contributed by atoms with Crippen LogP contribution in [0.5, 0.6) is 0 Å². The summed E-state index contributed by atoms with van der Waals surface area (Å²) in [7, 11) is 0. The SMILES string of the molecule is CC(C)(C)OC(=O)NC(CC(=O)O)C(=O)Nc1ccc2[nH]c(C(=O)OC(C)(C)C)cc2c1. The first-order valence-electron chi connectivity index (χ1n) is 10.0. The van der Waals surface area contributed by atoms with Gasteiger partial charge >= 0.3 is 18.0 Å². The first-order valence-corrected chi connectivity index (χ1v) is 10.0. The number of benzene rings is 1. The van der Waals surface area contributed by atoms with Crippen LogP contribution < -0.4 is 10.6 Å². The zero-order valence-electron chi connectivity index (χ0n) is 19.0. The van der Waals surface area contributed by atoms with Gasteiger partial charge in [0, 0.05) is 16.6 Å². The number of H-pyrrole nitrogens is 1. The maximum Gasteiger partial charge on any atom is 0.408 e. The van der Waals surface area contributed by atoms with Gasteiger partial charge in [0.2, 0.25) is 5.91 Å². The van der Waals surface area contributed by atoms with Gasteiger partial charge in [0.05, 0.1) is 6.42 Å². The molecule has 2 amide bonds. The molecule has 174 valence electrons. The molecular weight excluding hydrogens is 418 g/mol. The third-order valence-corrected chi connectivity index (χ3v) is 3.89. The van der Waals surface area contributed by atoms with Gasteiger partial charge in [-0.05, 0) is 65.8 Å². The number of carbonyl (C=O) groups is 4. The highest BCUT2D eigenvalue weighted by Crippen LogP contribution is 2.22. The molecule has 1 unspecified atom stereocenters. The van der Waals surface area contributed by atoms with Gasteiger partial charge in [0.1, 0.15) is 22.9 Å². The van der Waals surface area contributed by atoms with E-state index in [1.165, 1.54) is 0 Å². The Morgan fingerprint density at radius 3 is 2.19 bits per heavy atom. The Labute approximate surface area is 185 Å². The molecule has 4 N–H and O–H groups in total. The first-order chi connectivity index (χ1) is 14.6. The van der Waals surface area contributed by atoms with Crippen molar-refractivity contribution in [2.75, 3.05) is 5.32 Å². The molecule has 10 heteroatoms. The highest BCUT2D eigenvalue weighted by molar-refractivity contribution is 6.01. The molecule has 0 saturated heterocycles. The van der Waals surface area contributed by atoms with Crippen LogP contribution in [-0.2, 0) is 19.1 Å². The van der Waals surface area contributed by atoms with Gasteiger partial charge in [-0.25, -0.2) is 9.59 Å². The quantitative estimate of drug-likeness (QED) is 0.496. The Balaban J connectivity index is 2.16. The summed E-state index contributed by atoms with van der Waals surface area (Å²) < 4.78 is 10.4. The predicted molar refractivity (Wildman–Crippen MR) is 118 cm³/mol. The molecule has 10 nitrogen and oxygen atoms in total. The number of fused-ring (bicyclic) bond motifs is 1. The van der Waals surface area contributed by atoms with Crippen LogP contribution in [0.3, 0.4) is 0 Å². The maximum atomic E-state index is 12.6. The molecular formula is C22H29N3O7. The van der Waals surface area contributed by atoms with E-state index in [2.05, 4.69) is 15.6 Å². The summed E-state index contributed by atoms with van der Waals surface area (Å²) in [5.74, 6) is -2.49. The van der Waals surface area contributed by atoms with Crippen molar-refractivity contribution in [2.45, 2.75) is 65.2 Å². The number of esters is 1. The fourth-order valence-corrected chi connectivity index (χ4v) is 2.72. The van der Waals surface area contributed by atoms with Crippen LogP contribution in [0.2, 0.25) is 0 Å². The molecule has 0 radical (unpaired) electrons. The Kier molecular flexibility index (Phi) is 7.17. The van der Waals surface area contributed by atoms with Gasteiger partial charge in [-0.1, -0.05) is 0 Å². The number of aliphatic carboxylic acids is 1. The van der Waals surface area contributed by atoms with E-state index in [4.69, 9.17) is 14.6 Å². The molecule has 1 aromatic heterocycles. The molecule has 32 heavy (non-hydrogen) atoms. The summed E-state index contributed by atoms with van der Waals surface area (Å²) in [6, 6.07) is 5.10. The van der Waals surface area contributed by atoms with E-state index in [1.807, 2.05) is 0 Å². The number of aromatic amines is 1. The van der Waals surface area contributed by atoms with Crippen molar-refractivity contribution in [1.82, 2.24) is 10.3 Å². The lowest BCUT2D eigenvalue weighted by atomic mass is 10.1. The van der Waals surface area contributed by atoms with E-state index in [9.17, 15) is 19.2 Å². The number of alkyl carbamates (subject to hydrolysis) is 1. The van der Waals surface area contributed by atoms with Crippen LogP contribution in [0, 0.1) is 0 Å². The Morgan fingerprint density at radius 1 is 1.00 bits per heavy atom. The van der Waals surface area contributed by atoms with Gasteiger partial charge in [0.15, 0.2) is 0 Å². The highest BCUT2D eigenvalue weighted by Gasteiger charge is 2.27. The van der Waals surface area contributed by atoms with Crippen LogP contribution in [-0.4, -0.2) is 51.3 Å². The summed E-state index contributed by atoms with van der Waals surface area (Å²) in [6.45, 7) is 10.2. The monoisotopic (exact) mass is 447 g/mol. The molecule has 0 bridgehead atoms. The number of hydrogen-bond acceptors (Lipinski definition) is 6. The van der Waals surface area contributed by atoms with Crippen molar-refractivity contribution in [3.8, 4) is 0 Å². The summed E-state index contributed by atoms with van der Waals surface area (Å²) in [4.78, 5) is 51.0. The molecule has 0 aliphatic heterocycles. The second kappa shape index (κ2) is 9.29. The van der Waals surface area contributed by atoms with E-state index in [-0.39, 0.29) is 5.69 Å². The minimum absolute atomic E-state index is 0.258. The number of carboxylic acids is 1. The average Bonchev–Trinajstić information content (AvgIpc) is 3.01. The standard InChI is InChI=1S/C22H29N3O7/c1-21(2,3)31-19(29)16-10-12-9-13(7-8-14(12)24-16)23-18(28)15(11-17(26)27)25-20(30)32-22(4,5)6/h7-10,15,24H,11H2,1-6H3,(H,23,28)(H,25,30)(H,26,27). The Morgan fingerprint density at radius 2 is 1.62 bits per heavy atom. The van der Waals surface area contributed by atoms with Gasteiger partial charge in [-0.2, -0.15) is 0 Å². The van der Waals surface area contributed by atoms with Crippen molar-refractivity contribution >= 4 is 40.5 Å². The fraction of sp³-hybridized carbons (Fsp3) is 0.455. The molecule has 0 saturated carbocycles. The number of carboxylic acid groups (broad SMARTS) is 1. The Bertz CT molecular complexity index is 1030. The van der Waals surface area contributed by atoms with Gasteiger partial charge < -0.3 is 30.2 Å². The number of carbonyl (C=O) groups excluding carboxylic acids is 3. The summed E-state index contributed by atoms with van der Waals surface area (Å²) in [5, 5.41) is 14.6. The molecule has 2 aromatic rings. The number of hydrogen-bond donors (Lipinski definition) is 4. The van der Waals surface area contributed by atoms with Crippen molar-refractivity contribution in [2.24, 2.45) is 0 Å². The molecule has 0 spiro atoms. The molecule has 0 fully saturated rings. The van der Waals surface area contributed by atoms with E-state index in [0.717, 1.165) is 0 Å². The normalized spacial score (nSPS) is 12.7. The number of nitrogens with one attached hydrogen (secondary N) is 3. The van der Waals surface area contributed by atoms with E-state index < -0.39 is 47.6 Å². The fourth-order valence-electron chi connectivity index (χ4n) is 2.72. The van der Waals surface area contributed by atoms with E-state index in [1.54, 1.807) is 65.8 Å². The number of rotatable bonds is 6. The lowest BCUT2D eigenvalue weighted by Gasteiger charge is -2.22. The highest BCUT2D eigenvalue weighted by atomic mass is 16.6. The number of anilines is 1.